The second kappa shape index (κ2) is 8.45. The molecule has 150 valence electrons. The van der Waals surface area contributed by atoms with Crippen LogP contribution in [0.1, 0.15) is 51.1 Å². The molecule has 28 heavy (non-hydrogen) atoms. The van der Waals surface area contributed by atoms with Crippen molar-refractivity contribution in [3.05, 3.63) is 42.1 Å². The minimum absolute atomic E-state index is 0.00338. The lowest BCUT2D eigenvalue weighted by molar-refractivity contribution is -0.121. The quantitative estimate of drug-likeness (QED) is 0.859. The van der Waals surface area contributed by atoms with Crippen LogP contribution in [0.25, 0.3) is 5.69 Å². The summed E-state index contributed by atoms with van der Waals surface area (Å²) in [4.78, 5) is 14.9. The highest BCUT2D eigenvalue weighted by molar-refractivity contribution is 5.91. The smallest absolute Gasteiger partial charge is 0.239 e. The average Bonchev–Trinajstić information content (AvgIpc) is 3.31. The molecule has 1 aliphatic carbocycles. The van der Waals surface area contributed by atoms with Crippen LogP contribution >= 0.6 is 0 Å². The van der Waals surface area contributed by atoms with Gasteiger partial charge >= 0.3 is 0 Å². The second-order valence-electron chi connectivity index (χ2n) is 8.18. The number of benzene rings is 1. The zero-order valence-corrected chi connectivity index (χ0v) is 16.8. The van der Waals surface area contributed by atoms with Crippen molar-refractivity contribution >= 4 is 11.7 Å². The van der Waals surface area contributed by atoms with Crippen LogP contribution in [0.2, 0.25) is 0 Å². The zero-order chi connectivity index (χ0) is 19.5. The van der Waals surface area contributed by atoms with E-state index in [0.29, 0.717) is 12.5 Å². The number of carbonyl (C=O) groups excluding carboxylic acids is 1. The fourth-order valence-electron chi connectivity index (χ4n) is 4.47. The molecular weight excluding hydrogens is 352 g/mol. The van der Waals surface area contributed by atoms with Crippen LogP contribution in [0, 0.1) is 0 Å². The van der Waals surface area contributed by atoms with Crippen LogP contribution in [0.5, 0.6) is 0 Å². The van der Waals surface area contributed by atoms with Crippen molar-refractivity contribution in [2.45, 2.75) is 57.7 Å². The number of carbonyl (C=O) groups is 1. The molecule has 0 bridgehead atoms. The van der Waals surface area contributed by atoms with Gasteiger partial charge in [0.15, 0.2) is 0 Å². The summed E-state index contributed by atoms with van der Waals surface area (Å²) >= 11 is 0. The van der Waals surface area contributed by atoms with Gasteiger partial charge in [-0.05, 0) is 38.8 Å². The maximum atomic E-state index is 12.8. The minimum Gasteiger partial charge on any atom is -0.373 e. The first-order valence-corrected chi connectivity index (χ1v) is 10.4. The van der Waals surface area contributed by atoms with E-state index in [0.717, 1.165) is 30.3 Å². The van der Waals surface area contributed by atoms with Crippen LogP contribution in [0.15, 0.2) is 36.4 Å². The van der Waals surface area contributed by atoms with E-state index in [-0.39, 0.29) is 18.1 Å². The Kier molecular flexibility index (Phi) is 5.78. The van der Waals surface area contributed by atoms with Crippen molar-refractivity contribution in [2.75, 3.05) is 25.0 Å². The molecule has 1 N–H and O–H groups in total. The molecule has 2 heterocycles. The molecule has 2 unspecified atom stereocenters. The summed E-state index contributed by atoms with van der Waals surface area (Å²) in [6.07, 6.45) is 5.20. The molecule has 2 fully saturated rings. The third-order valence-electron chi connectivity index (χ3n) is 5.63. The van der Waals surface area contributed by atoms with Gasteiger partial charge in [-0.25, -0.2) is 4.68 Å². The van der Waals surface area contributed by atoms with Crippen LogP contribution in [-0.4, -0.2) is 52.4 Å². The van der Waals surface area contributed by atoms with Crippen molar-refractivity contribution in [1.29, 1.82) is 0 Å². The van der Waals surface area contributed by atoms with E-state index in [1.165, 1.54) is 25.7 Å². The van der Waals surface area contributed by atoms with Gasteiger partial charge in [0.1, 0.15) is 5.82 Å². The van der Waals surface area contributed by atoms with Gasteiger partial charge in [-0.2, -0.15) is 5.10 Å². The summed E-state index contributed by atoms with van der Waals surface area (Å²) in [6.45, 7) is 6.04. The first kappa shape index (κ1) is 19.2. The zero-order valence-electron chi connectivity index (χ0n) is 16.8. The summed E-state index contributed by atoms with van der Waals surface area (Å²) in [5, 5.41) is 7.96. The number of para-hydroxylation sites is 1. The van der Waals surface area contributed by atoms with E-state index < -0.39 is 0 Å². The molecule has 1 aliphatic heterocycles. The summed E-state index contributed by atoms with van der Waals surface area (Å²) < 4.78 is 7.64. The molecule has 6 nitrogen and oxygen atoms in total. The third kappa shape index (κ3) is 4.45. The molecule has 1 amide bonds. The van der Waals surface area contributed by atoms with E-state index in [9.17, 15) is 4.79 Å². The number of amides is 1. The fraction of sp³-hybridized carbons (Fsp3) is 0.545. The second-order valence-corrected chi connectivity index (χ2v) is 8.18. The molecule has 1 aromatic heterocycles. The third-order valence-corrected chi connectivity index (χ3v) is 5.63. The molecule has 4 rings (SSSR count). The Hall–Kier alpha value is -2.18. The minimum atomic E-state index is -0.00338. The summed E-state index contributed by atoms with van der Waals surface area (Å²) in [5.41, 5.74) is 2.06. The average molecular weight is 383 g/mol. The number of ether oxygens (including phenoxy) is 1. The van der Waals surface area contributed by atoms with E-state index >= 15 is 0 Å². The molecule has 2 aromatic rings. The van der Waals surface area contributed by atoms with Gasteiger partial charge in [0.2, 0.25) is 5.91 Å². The van der Waals surface area contributed by atoms with Crippen molar-refractivity contribution in [3.8, 4) is 5.69 Å². The Morgan fingerprint density at radius 3 is 2.50 bits per heavy atom. The predicted molar refractivity (Wildman–Crippen MR) is 110 cm³/mol. The van der Waals surface area contributed by atoms with Gasteiger partial charge in [-0.1, -0.05) is 31.0 Å². The molecule has 1 saturated carbocycles. The first-order valence-electron chi connectivity index (χ1n) is 10.4. The van der Waals surface area contributed by atoms with Crippen LogP contribution in [0.3, 0.4) is 0 Å². The number of nitrogens with one attached hydrogen (secondary N) is 1. The highest BCUT2D eigenvalue weighted by atomic mass is 16.5. The molecule has 1 aromatic carbocycles. The molecule has 0 radical (unpaired) electrons. The monoisotopic (exact) mass is 382 g/mol. The van der Waals surface area contributed by atoms with Gasteiger partial charge in [0.05, 0.1) is 30.1 Å². The fourth-order valence-corrected chi connectivity index (χ4v) is 4.47. The van der Waals surface area contributed by atoms with E-state index in [1.807, 2.05) is 35.0 Å². The SMILES string of the molecule is CC1CN(CC(=O)Nc2cc(C3CCCC3)nn2-c2ccccc2)CC(C)O1. The van der Waals surface area contributed by atoms with Crippen molar-refractivity contribution < 1.29 is 9.53 Å². The first-order chi connectivity index (χ1) is 13.6. The number of morpholine rings is 1. The van der Waals surface area contributed by atoms with Crippen molar-refractivity contribution in [2.24, 2.45) is 0 Å². The summed E-state index contributed by atoms with van der Waals surface area (Å²) in [7, 11) is 0. The summed E-state index contributed by atoms with van der Waals surface area (Å²) in [5.74, 6) is 1.25. The number of aromatic nitrogens is 2. The highest BCUT2D eigenvalue weighted by Gasteiger charge is 2.25. The number of hydrogen-bond acceptors (Lipinski definition) is 4. The highest BCUT2D eigenvalue weighted by Crippen LogP contribution is 2.35. The molecule has 2 atom stereocenters. The van der Waals surface area contributed by atoms with Crippen LogP contribution in [0.4, 0.5) is 5.82 Å². The Bertz CT molecular complexity index is 788. The van der Waals surface area contributed by atoms with E-state index in [1.54, 1.807) is 0 Å². The number of anilines is 1. The predicted octanol–water partition coefficient (Wildman–Crippen LogP) is 3.58. The van der Waals surface area contributed by atoms with Gasteiger partial charge < -0.3 is 10.1 Å². The number of nitrogens with zero attached hydrogens (tertiary/aromatic N) is 3. The lowest BCUT2D eigenvalue weighted by Crippen LogP contribution is -2.48. The molecule has 6 heteroatoms. The molecule has 0 spiro atoms. The summed E-state index contributed by atoms with van der Waals surface area (Å²) in [6, 6.07) is 12.1. The molecule has 2 aliphatic rings. The lowest BCUT2D eigenvalue weighted by atomic mass is 10.0. The Morgan fingerprint density at radius 1 is 1.14 bits per heavy atom. The van der Waals surface area contributed by atoms with Gasteiger partial charge in [-0.3, -0.25) is 9.69 Å². The lowest BCUT2D eigenvalue weighted by Gasteiger charge is -2.34. The normalized spacial score (nSPS) is 23.8. The van der Waals surface area contributed by atoms with Gasteiger partial charge in [0.25, 0.3) is 0 Å². The molecule has 1 saturated heterocycles. The number of rotatable bonds is 5. The Morgan fingerprint density at radius 2 is 1.82 bits per heavy atom. The van der Waals surface area contributed by atoms with E-state index in [4.69, 9.17) is 9.84 Å². The standard InChI is InChI=1S/C22H30N4O2/c1-16-13-25(14-17(2)28-16)15-22(27)23-21-12-20(18-8-6-7-9-18)24-26(21)19-10-4-3-5-11-19/h3-5,10-12,16-18H,6-9,13-15H2,1-2H3,(H,23,27). The van der Waals surface area contributed by atoms with Crippen LogP contribution < -0.4 is 5.32 Å². The topological polar surface area (TPSA) is 59.4 Å². The maximum Gasteiger partial charge on any atom is 0.239 e. The van der Waals surface area contributed by atoms with Crippen molar-refractivity contribution in [3.63, 3.8) is 0 Å². The van der Waals surface area contributed by atoms with Gasteiger partial charge in [0, 0.05) is 25.1 Å². The number of hydrogen-bond donors (Lipinski definition) is 1. The Labute approximate surface area is 166 Å². The maximum absolute atomic E-state index is 12.8. The van der Waals surface area contributed by atoms with Gasteiger partial charge in [-0.15, -0.1) is 0 Å². The molecular formula is C22H30N4O2. The Balaban J connectivity index is 1.51. The largest absolute Gasteiger partial charge is 0.373 e. The van der Waals surface area contributed by atoms with E-state index in [2.05, 4.69) is 30.1 Å². The van der Waals surface area contributed by atoms with Crippen LogP contribution in [-0.2, 0) is 9.53 Å². The van der Waals surface area contributed by atoms with Crippen molar-refractivity contribution in [1.82, 2.24) is 14.7 Å².